The van der Waals surface area contributed by atoms with Crippen molar-refractivity contribution < 1.29 is 34.1 Å². The molecule has 0 saturated carbocycles. The van der Waals surface area contributed by atoms with E-state index in [9.17, 15) is 15.0 Å². The maximum Gasteiger partial charge on any atom is 0.363 e. The number of ether oxygens (including phenoxy) is 3. The predicted octanol–water partition coefficient (Wildman–Crippen LogP) is 4.12. The van der Waals surface area contributed by atoms with Gasteiger partial charge in [-0.25, -0.2) is 4.79 Å². The van der Waals surface area contributed by atoms with Crippen LogP contribution in [0.4, 0.5) is 0 Å². The monoisotopic (exact) mass is 475 g/mol. The van der Waals surface area contributed by atoms with Gasteiger partial charge < -0.3 is 29.3 Å². The average molecular weight is 475 g/mol. The van der Waals surface area contributed by atoms with Gasteiger partial charge in [-0.2, -0.15) is 0 Å². The Morgan fingerprint density at radius 1 is 0.657 bits per heavy atom. The highest BCUT2D eigenvalue weighted by Gasteiger charge is 2.37. The molecule has 8 nitrogen and oxygen atoms in total. The van der Waals surface area contributed by atoms with Gasteiger partial charge in [-0.15, -0.1) is 4.73 Å². The van der Waals surface area contributed by atoms with Gasteiger partial charge in [0.2, 0.25) is 11.8 Å². The molecule has 8 heteroatoms. The van der Waals surface area contributed by atoms with Gasteiger partial charge in [-0.05, 0) is 53.1 Å². The molecule has 0 aliphatic heterocycles. The average Bonchev–Trinajstić information content (AvgIpc) is 3.22. The quantitative estimate of drug-likeness (QED) is 0.370. The first kappa shape index (κ1) is 23.7. The number of aromatic nitrogens is 1. The molecule has 0 atom stereocenters. The zero-order valence-corrected chi connectivity index (χ0v) is 19.5. The van der Waals surface area contributed by atoms with Crippen molar-refractivity contribution in [3.63, 3.8) is 0 Å². The number of nitrogens with zero attached hydrogens (tertiary/aromatic N) is 1. The number of carbonyl (C=O) groups excluding carboxylic acids is 1. The van der Waals surface area contributed by atoms with Gasteiger partial charge in [0.25, 0.3) is 0 Å². The topological polar surface area (TPSA) is 99.4 Å². The van der Waals surface area contributed by atoms with Crippen molar-refractivity contribution in [1.29, 1.82) is 0 Å². The molecule has 0 radical (unpaired) electrons. The summed E-state index contributed by atoms with van der Waals surface area (Å²) < 4.78 is 17.5. The van der Waals surface area contributed by atoms with Gasteiger partial charge in [0.1, 0.15) is 17.1 Å². The minimum atomic E-state index is -1.00. The van der Waals surface area contributed by atoms with Crippen LogP contribution in [0.2, 0.25) is 0 Å². The summed E-state index contributed by atoms with van der Waals surface area (Å²) in [6, 6.07) is 24.3. The number of aromatic hydroxyl groups is 2. The summed E-state index contributed by atoms with van der Waals surface area (Å²) in [6.45, 7) is 0. The van der Waals surface area contributed by atoms with Crippen LogP contribution in [0, 0.1) is 0 Å². The number of hydrogen-bond donors (Lipinski definition) is 2. The second-order valence-electron chi connectivity index (χ2n) is 7.64. The lowest BCUT2D eigenvalue weighted by atomic mass is 9.79. The Bertz CT molecular complexity index is 1230. The summed E-state index contributed by atoms with van der Waals surface area (Å²) in [4.78, 5) is 17.7. The predicted molar refractivity (Wildman–Crippen MR) is 128 cm³/mol. The minimum Gasteiger partial charge on any atom is -0.497 e. The first-order chi connectivity index (χ1) is 16.9. The Balaban J connectivity index is 1.75. The molecular formula is C27H25NO7. The number of carbonyl (C=O) groups is 1. The van der Waals surface area contributed by atoms with Crippen LogP contribution in [-0.4, -0.2) is 42.2 Å². The third kappa shape index (κ3) is 4.39. The van der Waals surface area contributed by atoms with E-state index in [1.54, 1.807) is 45.6 Å². The maximum atomic E-state index is 12.6. The Kier molecular flexibility index (Phi) is 6.66. The Labute approximate surface area is 202 Å². The van der Waals surface area contributed by atoms with E-state index in [2.05, 4.69) is 0 Å². The van der Waals surface area contributed by atoms with Gasteiger partial charge in [-0.3, -0.25) is 0 Å². The van der Waals surface area contributed by atoms with Crippen LogP contribution in [0.15, 0.2) is 84.9 Å². The van der Waals surface area contributed by atoms with E-state index in [1.165, 1.54) is 12.1 Å². The molecule has 0 spiro atoms. The molecule has 0 fully saturated rings. The molecule has 4 aromatic rings. The van der Waals surface area contributed by atoms with Crippen molar-refractivity contribution in [2.75, 3.05) is 21.3 Å². The molecular weight excluding hydrogens is 450 g/mol. The fraction of sp³-hybridized carbons (Fsp3) is 0.148. The molecule has 1 heterocycles. The number of hydrogen-bond acceptors (Lipinski definition) is 7. The highest BCUT2D eigenvalue weighted by atomic mass is 16.7. The van der Waals surface area contributed by atoms with E-state index in [0.717, 1.165) is 16.7 Å². The van der Waals surface area contributed by atoms with E-state index in [4.69, 9.17) is 19.0 Å². The van der Waals surface area contributed by atoms with Crippen LogP contribution < -0.4 is 14.3 Å². The van der Waals surface area contributed by atoms with Crippen molar-refractivity contribution in [2.45, 2.75) is 5.60 Å². The second kappa shape index (κ2) is 9.82. The molecule has 0 aliphatic rings. The summed E-state index contributed by atoms with van der Waals surface area (Å²) in [6.07, 6.45) is 0. The molecule has 0 saturated heterocycles. The Morgan fingerprint density at radius 3 is 1.43 bits per heavy atom. The van der Waals surface area contributed by atoms with Crippen molar-refractivity contribution in [1.82, 2.24) is 4.73 Å². The smallest absolute Gasteiger partial charge is 0.363 e. The number of methoxy groups -OCH3 is 3. The molecule has 2 N–H and O–H groups in total. The number of benzene rings is 3. The molecule has 0 bridgehead atoms. The van der Waals surface area contributed by atoms with Crippen molar-refractivity contribution in [3.05, 3.63) is 107 Å². The Morgan fingerprint density at radius 2 is 1.06 bits per heavy atom. The van der Waals surface area contributed by atoms with Crippen molar-refractivity contribution in [2.24, 2.45) is 0 Å². The molecule has 3 aromatic carbocycles. The number of rotatable bonds is 8. The van der Waals surface area contributed by atoms with Gasteiger partial charge in [0, 0.05) is 19.2 Å². The lowest BCUT2D eigenvalue weighted by Gasteiger charge is -2.34. The third-order valence-electron chi connectivity index (χ3n) is 5.80. The SMILES string of the molecule is COc1ccc(C(OC)(c2ccc(OC)cc2)c2ccc(C(=O)On3c(O)ccc3O)cc2)cc1. The minimum absolute atomic E-state index is 0.218. The zero-order valence-electron chi connectivity index (χ0n) is 19.5. The first-order valence-electron chi connectivity index (χ1n) is 10.7. The highest BCUT2D eigenvalue weighted by Crippen LogP contribution is 2.41. The lowest BCUT2D eigenvalue weighted by Crippen LogP contribution is -2.31. The standard InChI is InChI=1S/C27H25NO7/c1-32-22-12-8-20(9-13-22)27(34-3,21-10-14-23(33-2)15-11-21)19-6-4-18(5-7-19)26(31)35-28-24(29)16-17-25(28)30/h4-17,29-30H,1-3H3. The van der Waals surface area contributed by atoms with E-state index < -0.39 is 23.3 Å². The summed E-state index contributed by atoms with van der Waals surface area (Å²) >= 11 is 0. The van der Waals surface area contributed by atoms with Crippen LogP contribution >= 0.6 is 0 Å². The summed E-state index contributed by atoms with van der Waals surface area (Å²) in [5, 5.41) is 19.5. The van der Waals surface area contributed by atoms with Gasteiger partial charge in [-0.1, -0.05) is 36.4 Å². The molecule has 0 unspecified atom stereocenters. The van der Waals surface area contributed by atoms with Crippen LogP contribution in [0.5, 0.6) is 23.3 Å². The first-order valence-corrected chi connectivity index (χ1v) is 10.7. The van der Waals surface area contributed by atoms with Gasteiger partial charge >= 0.3 is 5.97 Å². The van der Waals surface area contributed by atoms with E-state index in [1.807, 2.05) is 48.5 Å². The molecule has 180 valence electrons. The molecule has 35 heavy (non-hydrogen) atoms. The Hall–Kier alpha value is -4.43. The maximum absolute atomic E-state index is 12.6. The zero-order chi connectivity index (χ0) is 25.0. The molecule has 0 amide bonds. The lowest BCUT2D eigenvalue weighted by molar-refractivity contribution is 0.0381. The summed E-state index contributed by atoms with van der Waals surface area (Å²) in [7, 11) is 4.83. The molecule has 4 rings (SSSR count). The molecule has 1 aromatic heterocycles. The van der Waals surface area contributed by atoms with Crippen LogP contribution in [-0.2, 0) is 10.3 Å². The summed E-state index contributed by atoms with van der Waals surface area (Å²) in [5.41, 5.74) is 1.68. The normalized spacial score (nSPS) is 11.2. The second-order valence-corrected chi connectivity index (χ2v) is 7.64. The molecule has 0 aliphatic carbocycles. The van der Waals surface area contributed by atoms with Crippen molar-refractivity contribution >= 4 is 5.97 Å². The van der Waals surface area contributed by atoms with Gasteiger partial charge in [0.15, 0.2) is 0 Å². The van der Waals surface area contributed by atoms with E-state index >= 15 is 0 Å². The van der Waals surface area contributed by atoms with Crippen LogP contribution in [0.3, 0.4) is 0 Å². The highest BCUT2D eigenvalue weighted by molar-refractivity contribution is 5.89. The van der Waals surface area contributed by atoms with E-state index in [0.29, 0.717) is 16.2 Å². The fourth-order valence-corrected chi connectivity index (χ4v) is 3.98. The van der Waals surface area contributed by atoms with Crippen LogP contribution in [0.1, 0.15) is 27.0 Å². The van der Waals surface area contributed by atoms with Crippen molar-refractivity contribution in [3.8, 4) is 23.3 Å². The summed E-state index contributed by atoms with van der Waals surface area (Å²) in [5.74, 6) is -0.129. The largest absolute Gasteiger partial charge is 0.497 e. The van der Waals surface area contributed by atoms with E-state index in [-0.39, 0.29) is 5.56 Å². The van der Waals surface area contributed by atoms with Gasteiger partial charge in [0.05, 0.1) is 19.8 Å². The third-order valence-corrected chi connectivity index (χ3v) is 5.80. The fourth-order valence-electron chi connectivity index (χ4n) is 3.98. The van der Waals surface area contributed by atoms with Crippen LogP contribution in [0.25, 0.3) is 0 Å².